The van der Waals surface area contributed by atoms with Gasteiger partial charge in [0.05, 0.1) is 0 Å². The number of nitrogens with one attached hydrogen (secondary N) is 1. The van der Waals surface area contributed by atoms with Crippen LogP contribution in [-0.2, 0) is 0 Å². The number of carbonyl (C=O) groups excluding carboxylic acids is 1. The first-order valence-electron chi connectivity index (χ1n) is 6.79. The van der Waals surface area contributed by atoms with E-state index in [9.17, 15) is 4.79 Å². The Hall–Kier alpha value is -0.960. The molecule has 18 heavy (non-hydrogen) atoms. The highest BCUT2D eigenvalue weighted by atomic mass is 32.1. The molecule has 0 aliphatic heterocycles. The molecular formula is C15H21NOS. The number of hydrogen-bond donors (Lipinski definition) is 2. The molecule has 0 aromatic heterocycles. The summed E-state index contributed by atoms with van der Waals surface area (Å²) in [7, 11) is 0. The molecule has 0 heterocycles. The first kappa shape index (κ1) is 13.5. The van der Waals surface area contributed by atoms with Crippen LogP contribution in [0.2, 0.25) is 0 Å². The van der Waals surface area contributed by atoms with Crippen molar-refractivity contribution in [1.29, 1.82) is 0 Å². The SMILES string of the molecule is CCC1CCC(NC(=O)c2ccc(S)cc2)CC1. The van der Waals surface area contributed by atoms with Crippen LogP contribution >= 0.6 is 12.6 Å². The Morgan fingerprint density at radius 1 is 1.22 bits per heavy atom. The molecule has 3 heteroatoms. The van der Waals surface area contributed by atoms with Crippen LogP contribution in [0.3, 0.4) is 0 Å². The number of amides is 1. The van der Waals surface area contributed by atoms with E-state index >= 15 is 0 Å². The van der Waals surface area contributed by atoms with E-state index in [2.05, 4.69) is 24.9 Å². The van der Waals surface area contributed by atoms with Crippen molar-refractivity contribution in [2.45, 2.75) is 50.0 Å². The Morgan fingerprint density at radius 3 is 2.39 bits per heavy atom. The van der Waals surface area contributed by atoms with Gasteiger partial charge in [-0.1, -0.05) is 13.3 Å². The second-order valence-electron chi connectivity index (χ2n) is 5.15. The van der Waals surface area contributed by atoms with Crippen molar-refractivity contribution in [2.75, 3.05) is 0 Å². The van der Waals surface area contributed by atoms with Crippen molar-refractivity contribution >= 4 is 18.5 Å². The van der Waals surface area contributed by atoms with Gasteiger partial charge in [0.2, 0.25) is 0 Å². The molecule has 0 unspecified atom stereocenters. The van der Waals surface area contributed by atoms with Gasteiger partial charge in [-0.3, -0.25) is 4.79 Å². The van der Waals surface area contributed by atoms with Gasteiger partial charge in [-0.05, 0) is 55.9 Å². The van der Waals surface area contributed by atoms with Crippen LogP contribution in [-0.4, -0.2) is 11.9 Å². The smallest absolute Gasteiger partial charge is 0.251 e. The van der Waals surface area contributed by atoms with E-state index in [1.54, 1.807) is 0 Å². The summed E-state index contributed by atoms with van der Waals surface area (Å²) in [6.45, 7) is 2.25. The summed E-state index contributed by atoms with van der Waals surface area (Å²) in [4.78, 5) is 12.9. The zero-order chi connectivity index (χ0) is 13.0. The van der Waals surface area contributed by atoms with Crippen LogP contribution in [0.1, 0.15) is 49.4 Å². The maximum atomic E-state index is 12.0. The maximum Gasteiger partial charge on any atom is 0.251 e. The third-order valence-electron chi connectivity index (χ3n) is 3.89. The molecule has 1 N–H and O–H groups in total. The molecule has 0 atom stereocenters. The molecule has 1 fully saturated rings. The van der Waals surface area contributed by atoms with E-state index in [0.29, 0.717) is 6.04 Å². The highest BCUT2D eigenvalue weighted by molar-refractivity contribution is 7.80. The first-order chi connectivity index (χ1) is 8.69. The quantitative estimate of drug-likeness (QED) is 0.800. The molecule has 0 radical (unpaired) electrons. The summed E-state index contributed by atoms with van der Waals surface area (Å²) in [5.74, 6) is 0.907. The third kappa shape index (κ3) is 3.52. The van der Waals surface area contributed by atoms with E-state index in [1.807, 2.05) is 24.3 Å². The lowest BCUT2D eigenvalue weighted by molar-refractivity contribution is 0.0921. The largest absolute Gasteiger partial charge is 0.349 e. The molecular weight excluding hydrogens is 242 g/mol. The maximum absolute atomic E-state index is 12.0. The second-order valence-corrected chi connectivity index (χ2v) is 5.66. The molecule has 1 amide bonds. The standard InChI is InChI=1S/C15H21NOS/c1-2-11-3-7-13(8-4-11)16-15(17)12-5-9-14(18)10-6-12/h5-6,9-11,13,18H,2-4,7-8H2,1H3,(H,16,17). The van der Waals surface area contributed by atoms with Gasteiger partial charge in [0.25, 0.3) is 5.91 Å². The highest BCUT2D eigenvalue weighted by Gasteiger charge is 2.21. The molecule has 98 valence electrons. The van der Waals surface area contributed by atoms with Crippen LogP contribution < -0.4 is 5.32 Å². The summed E-state index contributed by atoms with van der Waals surface area (Å²) in [6.07, 6.45) is 6.00. The van der Waals surface area contributed by atoms with E-state index in [1.165, 1.54) is 19.3 Å². The Morgan fingerprint density at radius 2 is 1.83 bits per heavy atom. The van der Waals surface area contributed by atoms with Gasteiger partial charge in [0.1, 0.15) is 0 Å². The van der Waals surface area contributed by atoms with Crippen LogP contribution in [0.25, 0.3) is 0 Å². The van der Waals surface area contributed by atoms with Gasteiger partial charge in [-0.15, -0.1) is 12.6 Å². The van der Waals surface area contributed by atoms with Crippen LogP contribution in [0.5, 0.6) is 0 Å². The fourth-order valence-electron chi connectivity index (χ4n) is 2.60. The van der Waals surface area contributed by atoms with E-state index in [-0.39, 0.29) is 5.91 Å². The normalized spacial score (nSPS) is 23.7. The number of carbonyl (C=O) groups is 1. The first-order valence-corrected chi connectivity index (χ1v) is 7.23. The molecule has 1 aliphatic rings. The zero-order valence-electron chi connectivity index (χ0n) is 10.9. The summed E-state index contributed by atoms with van der Waals surface area (Å²) in [6, 6.07) is 7.72. The van der Waals surface area contributed by atoms with Crippen molar-refractivity contribution < 1.29 is 4.79 Å². The number of thiol groups is 1. The lowest BCUT2D eigenvalue weighted by atomic mass is 9.84. The zero-order valence-corrected chi connectivity index (χ0v) is 11.7. The molecule has 1 aromatic rings. The molecule has 0 spiro atoms. The van der Waals surface area contributed by atoms with Gasteiger partial charge < -0.3 is 5.32 Å². The van der Waals surface area contributed by atoms with Crippen LogP contribution in [0, 0.1) is 5.92 Å². The minimum Gasteiger partial charge on any atom is -0.349 e. The number of rotatable bonds is 3. The topological polar surface area (TPSA) is 29.1 Å². The van der Waals surface area contributed by atoms with Gasteiger partial charge in [-0.2, -0.15) is 0 Å². The van der Waals surface area contributed by atoms with Gasteiger partial charge in [0, 0.05) is 16.5 Å². The van der Waals surface area contributed by atoms with E-state index in [4.69, 9.17) is 0 Å². The van der Waals surface area contributed by atoms with E-state index in [0.717, 1.165) is 29.2 Å². The molecule has 2 rings (SSSR count). The fourth-order valence-corrected chi connectivity index (χ4v) is 2.75. The minimum atomic E-state index is 0.0447. The lowest BCUT2D eigenvalue weighted by Gasteiger charge is -2.28. The average Bonchev–Trinajstić information content (AvgIpc) is 2.40. The summed E-state index contributed by atoms with van der Waals surface area (Å²) < 4.78 is 0. The Labute approximate surface area is 115 Å². The van der Waals surface area contributed by atoms with Crippen LogP contribution in [0.4, 0.5) is 0 Å². The van der Waals surface area contributed by atoms with Crippen LogP contribution in [0.15, 0.2) is 29.2 Å². The molecule has 1 aromatic carbocycles. The van der Waals surface area contributed by atoms with Crippen molar-refractivity contribution in [1.82, 2.24) is 5.32 Å². The predicted molar refractivity (Wildman–Crippen MR) is 77.2 cm³/mol. The predicted octanol–water partition coefficient (Wildman–Crippen LogP) is 3.67. The van der Waals surface area contributed by atoms with E-state index < -0.39 is 0 Å². The van der Waals surface area contributed by atoms with Gasteiger partial charge in [0.15, 0.2) is 0 Å². The number of benzene rings is 1. The lowest BCUT2D eigenvalue weighted by Crippen LogP contribution is -2.37. The molecule has 1 aliphatic carbocycles. The Kier molecular flexibility index (Phi) is 4.70. The summed E-state index contributed by atoms with van der Waals surface area (Å²) >= 11 is 4.22. The fraction of sp³-hybridized carbons (Fsp3) is 0.533. The molecule has 0 saturated heterocycles. The highest BCUT2D eigenvalue weighted by Crippen LogP contribution is 2.26. The number of hydrogen-bond acceptors (Lipinski definition) is 2. The third-order valence-corrected chi connectivity index (χ3v) is 4.19. The minimum absolute atomic E-state index is 0.0447. The Balaban J connectivity index is 1.86. The molecule has 0 bridgehead atoms. The average molecular weight is 263 g/mol. The van der Waals surface area contributed by atoms with Crippen molar-refractivity contribution in [2.24, 2.45) is 5.92 Å². The second kappa shape index (κ2) is 6.28. The Bertz CT molecular complexity index is 393. The van der Waals surface area contributed by atoms with Gasteiger partial charge >= 0.3 is 0 Å². The summed E-state index contributed by atoms with van der Waals surface area (Å²) in [5, 5.41) is 3.14. The van der Waals surface area contributed by atoms with Crippen molar-refractivity contribution in [3.8, 4) is 0 Å². The van der Waals surface area contributed by atoms with Gasteiger partial charge in [-0.25, -0.2) is 0 Å². The molecule has 2 nitrogen and oxygen atoms in total. The monoisotopic (exact) mass is 263 g/mol. The summed E-state index contributed by atoms with van der Waals surface area (Å²) in [5.41, 5.74) is 0.727. The molecule has 1 saturated carbocycles. The van der Waals surface area contributed by atoms with Crippen molar-refractivity contribution in [3.63, 3.8) is 0 Å². The van der Waals surface area contributed by atoms with Crippen molar-refractivity contribution in [3.05, 3.63) is 29.8 Å².